The Morgan fingerprint density at radius 1 is 0.872 bits per heavy atom. The van der Waals surface area contributed by atoms with Gasteiger partial charge in [-0.2, -0.15) is 0 Å². The van der Waals surface area contributed by atoms with Gasteiger partial charge in [-0.1, -0.05) is 12.1 Å². The number of aryl methyl sites for hydroxylation is 1. The molecule has 8 nitrogen and oxygen atoms in total. The highest BCUT2D eigenvalue weighted by atomic mass is 16.5. The van der Waals surface area contributed by atoms with Gasteiger partial charge in [-0.25, -0.2) is 4.58 Å². The largest absolute Gasteiger partial charge is 0.502 e. The molecule has 1 aliphatic carbocycles. The number of aromatic hydroxyl groups is 1. The van der Waals surface area contributed by atoms with Gasteiger partial charge in [0, 0.05) is 17.7 Å². The average molecular weight is 533 g/mol. The number of ether oxygens (including phenoxy) is 4. The lowest BCUT2D eigenvalue weighted by atomic mass is 9.95. The van der Waals surface area contributed by atoms with Gasteiger partial charge >= 0.3 is 0 Å². The molecule has 0 spiro atoms. The molecule has 3 aromatic carbocycles. The van der Waals surface area contributed by atoms with E-state index in [1.165, 1.54) is 0 Å². The molecule has 3 aromatic rings. The highest BCUT2D eigenvalue weighted by molar-refractivity contribution is 5.82. The minimum atomic E-state index is 0.0580. The second-order valence-electron chi connectivity index (χ2n) is 9.82. The minimum absolute atomic E-state index is 0.0580. The van der Waals surface area contributed by atoms with Gasteiger partial charge in [0.05, 0.1) is 47.2 Å². The first-order valence-corrected chi connectivity index (χ1v) is 13.4. The van der Waals surface area contributed by atoms with Gasteiger partial charge in [-0.05, 0) is 66.9 Å². The fourth-order valence-corrected chi connectivity index (χ4v) is 5.96. The van der Waals surface area contributed by atoms with Crippen molar-refractivity contribution in [1.29, 1.82) is 0 Å². The number of rotatable bonds is 6. The molecule has 1 aliphatic heterocycles. The molecule has 1 fully saturated rings. The fraction of sp³-hybridized carbons (Fsp3) is 0.387. The summed E-state index contributed by atoms with van der Waals surface area (Å²) in [5.41, 5.74) is 5.23. The second kappa shape index (κ2) is 11.5. The van der Waals surface area contributed by atoms with Crippen molar-refractivity contribution in [1.82, 2.24) is 9.89 Å². The van der Waals surface area contributed by atoms with Crippen LogP contribution in [-0.4, -0.2) is 66.8 Å². The molecule has 0 bridgehead atoms. The predicted molar refractivity (Wildman–Crippen MR) is 154 cm³/mol. The smallest absolute Gasteiger partial charge is 0.242 e. The summed E-state index contributed by atoms with van der Waals surface area (Å²) in [6.45, 7) is 3.21. The van der Waals surface area contributed by atoms with Crippen LogP contribution >= 0.6 is 0 Å². The Hall–Kier alpha value is -3.91. The number of nitrogens with one attached hydrogen (secondary N) is 1. The van der Waals surface area contributed by atoms with Crippen molar-refractivity contribution >= 4 is 5.69 Å². The number of hydrogen-bond acceptors (Lipinski definition) is 7. The van der Waals surface area contributed by atoms with E-state index in [1.54, 1.807) is 28.4 Å². The summed E-state index contributed by atoms with van der Waals surface area (Å²) < 4.78 is 25.1. The molecular weight excluding hydrogens is 494 g/mol. The van der Waals surface area contributed by atoms with Crippen molar-refractivity contribution in [3.8, 4) is 39.9 Å². The summed E-state index contributed by atoms with van der Waals surface area (Å²) in [7, 11) is 8.59. The van der Waals surface area contributed by atoms with Gasteiger partial charge in [0.2, 0.25) is 11.1 Å². The molecule has 1 saturated heterocycles. The van der Waals surface area contributed by atoms with Crippen molar-refractivity contribution in [2.75, 3.05) is 66.6 Å². The quantitative estimate of drug-likeness (QED) is 0.470. The monoisotopic (exact) mass is 532 g/mol. The maximum absolute atomic E-state index is 11.4. The van der Waals surface area contributed by atoms with Gasteiger partial charge in [-0.3, -0.25) is 0 Å². The number of hydrogen-bond donors (Lipinski definition) is 2. The molecular formula is C31H38N3O5+. The summed E-state index contributed by atoms with van der Waals surface area (Å²) >= 11 is 0. The van der Waals surface area contributed by atoms with Crippen LogP contribution in [0, 0.1) is 0 Å². The van der Waals surface area contributed by atoms with Crippen molar-refractivity contribution in [2.24, 2.45) is 0 Å². The lowest BCUT2D eigenvalue weighted by Gasteiger charge is -2.28. The van der Waals surface area contributed by atoms with Gasteiger partial charge in [0.1, 0.15) is 5.75 Å². The van der Waals surface area contributed by atoms with Crippen LogP contribution < -0.4 is 39.1 Å². The highest BCUT2D eigenvalue weighted by Crippen LogP contribution is 2.50. The lowest BCUT2D eigenvalue weighted by molar-refractivity contribution is 0.324. The van der Waals surface area contributed by atoms with E-state index in [2.05, 4.69) is 26.9 Å². The summed E-state index contributed by atoms with van der Waals surface area (Å²) in [5.74, 6) is 3.00. The molecule has 206 valence electrons. The van der Waals surface area contributed by atoms with E-state index in [4.69, 9.17) is 18.9 Å². The van der Waals surface area contributed by atoms with E-state index in [-0.39, 0.29) is 11.8 Å². The van der Waals surface area contributed by atoms with Crippen LogP contribution in [0.2, 0.25) is 0 Å². The Kier molecular flexibility index (Phi) is 7.84. The number of nitrogens with zero attached hydrogens (tertiary/aromatic N) is 2. The molecule has 1 heterocycles. The van der Waals surface area contributed by atoms with Crippen LogP contribution in [0.25, 0.3) is 11.1 Å². The third-order valence-corrected chi connectivity index (χ3v) is 7.93. The van der Waals surface area contributed by atoms with E-state index in [9.17, 15) is 5.11 Å². The molecule has 5 rings (SSSR count). The Balaban J connectivity index is 1.63. The van der Waals surface area contributed by atoms with Crippen LogP contribution in [-0.2, 0) is 6.42 Å². The maximum Gasteiger partial charge on any atom is 0.242 e. The van der Waals surface area contributed by atoms with Gasteiger partial charge in [0.25, 0.3) is 0 Å². The van der Waals surface area contributed by atoms with Crippen LogP contribution in [0.5, 0.6) is 28.7 Å². The SMILES string of the molecule is CN[C@@H]1CCc2cc(OC)c(OC)c(OC)c2-c2ccc(=[N+]3CCN(c4ccccc4OC)CC3)c(O)cc21. The molecule has 0 saturated carbocycles. The Morgan fingerprint density at radius 2 is 1.59 bits per heavy atom. The Labute approximate surface area is 230 Å². The number of para-hydroxylation sites is 2. The van der Waals surface area contributed by atoms with Crippen LogP contribution in [0.1, 0.15) is 23.6 Å². The van der Waals surface area contributed by atoms with Gasteiger partial charge in [-0.15, -0.1) is 0 Å². The average Bonchev–Trinajstić information content (AvgIpc) is 3.23. The van der Waals surface area contributed by atoms with E-state index < -0.39 is 0 Å². The van der Waals surface area contributed by atoms with Crippen molar-refractivity contribution in [3.05, 3.63) is 65.0 Å². The van der Waals surface area contributed by atoms with Crippen LogP contribution in [0.15, 0.2) is 48.5 Å². The molecule has 0 unspecified atom stereocenters. The molecule has 0 radical (unpaired) electrons. The predicted octanol–water partition coefficient (Wildman–Crippen LogP) is 3.59. The first-order chi connectivity index (χ1) is 19.0. The van der Waals surface area contributed by atoms with E-state index in [0.29, 0.717) is 17.2 Å². The Bertz CT molecular complexity index is 1430. The third kappa shape index (κ3) is 4.85. The summed E-state index contributed by atoms with van der Waals surface area (Å²) in [5, 5.41) is 15.7. The number of methoxy groups -OCH3 is 4. The maximum atomic E-state index is 11.4. The third-order valence-electron chi connectivity index (χ3n) is 7.93. The molecule has 2 N–H and O–H groups in total. The molecule has 8 heteroatoms. The summed E-state index contributed by atoms with van der Waals surface area (Å²) in [6, 6.07) is 16.3. The normalized spacial score (nSPS) is 16.6. The van der Waals surface area contributed by atoms with Gasteiger partial charge < -0.3 is 34.3 Å². The van der Waals surface area contributed by atoms with Crippen LogP contribution in [0.4, 0.5) is 5.69 Å². The topological polar surface area (TPSA) is 75.4 Å². The van der Waals surface area contributed by atoms with Gasteiger partial charge in [0.15, 0.2) is 30.3 Å². The molecule has 0 aromatic heterocycles. The second-order valence-corrected chi connectivity index (χ2v) is 9.82. The van der Waals surface area contributed by atoms with E-state index in [1.807, 2.05) is 43.4 Å². The zero-order chi connectivity index (χ0) is 27.5. The Morgan fingerprint density at radius 3 is 2.26 bits per heavy atom. The summed E-state index contributed by atoms with van der Waals surface area (Å²) in [6.07, 6.45) is 1.69. The first-order valence-electron chi connectivity index (χ1n) is 13.4. The zero-order valence-corrected chi connectivity index (χ0v) is 23.4. The van der Waals surface area contributed by atoms with Crippen molar-refractivity contribution in [3.63, 3.8) is 0 Å². The molecule has 2 aliphatic rings. The molecule has 0 amide bonds. The summed E-state index contributed by atoms with van der Waals surface area (Å²) in [4.78, 5) is 2.34. The number of anilines is 1. The number of fused-ring (bicyclic) bond motifs is 3. The lowest BCUT2D eigenvalue weighted by Crippen LogP contribution is -2.48. The number of benzene rings is 2. The number of piperazine rings is 1. The van der Waals surface area contributed by atoms with Crippen LogP contribution in [0.3, 0.4) is 0 Å². The van der Waals surface area contributed by atoms with E-state index in [0.717, 1.165) is 78.1 Å². The minimum Gasteiger partial charge on any atom is -0.502 e. The highest BCUT2D eigenvalue weighted by Gasteiger charge is 2.29. The first kappa shape index (κ1) is 26.7. The zero-order valence-electron chi connectivity index (χ0n) is 23.4. The van der Waals surface area contributed by atoms with Crippen molar-refractivity contribution in [2.45, 2.75) is 18.9 Å². The fourth-order valence-electron chi connectivity index (χ4n) is 5.96. The van der Waals surface area contributed by atoms with Crippen molar-refractivity contribution < 1.29 is 24.1 Å². The van der Waals surface area contributed by atoms with E-state index >= 15 is 0 Å². The standard InChI is InChI=1S/C31H37N3O5/c1-32-23-12-10-20-18-28(37-3)30(38-4)31(39-5)29(20)21-11-13-24(26(35)19-22(21)23)33-14-16-34(17-15-33)25-8-6-7-9-27(25)36-2/h6-9,11,13,18-19,23,32H,10,12,14-17H2,1-5H3/p+1/t23-/m1/s1. The molecule has 39 heavy (non-hydrogen) atoms. The molecule has 1 atom stereocenters.